The third kappa shape index (κ3) is 6.25. The molecule has 0 aliphatic carbocycles. The quantitative estimate of drug-likeness (QED) is 0.108. The monoisotopic (exact) mass is 722 g/mol. The SMILES string of the molecule is O=C(Nc1ccc(S(=O)(=O)Nc2nc(-c3ccccc3)cs2)cc1)c1cc([N+](=O)[O-])c(N2c3ccccc3Sc3ccccc32)c([N+](=O)[O-])c1. The van der Waals surface area contributed by atoms with Crippen molar-refractivity contribution in [3.05, 3.63) is 146 Å². The molecule has 5 aromatic carbocycles. The highest BCUT2D eigenvalue weighted by atomic mass is 32.2. The highest BCUT2D eigenvalue weighted by molar-refractivity contribution is 7.99. The van der Waals surface area contributed by atoms with E-state index in [0.717, 1.165) is 38.8 Å². The number of nitrogens with zero attached hydrogens (tertiary/aromatic N) is 4. The number of sulfonamides is 1. The van der Waals surface area contributed by atoms with E-state index < -0.39 is 37.2 Å². The number of nitrogens with one attached hydrogen (secondary N) is 2. The van der Waals surface area contributed by atoms with E-state index in [4.69, 9.17) is 0 Å². The van der Waals surface area contributed by atoms with Crippen LogP contribution in [0, 0.1) is 20.2 Å². The Morgan fingerprint density at radius 3 is 1.90 bits per heavy atom. The standard InChI is InChI=1S/C34H22N6O7S3/c41-33(35-23-14-16-24(17-15-23)50(46,47)37-34-36-25(20-48-34)21-8-2-1-3-9-21)22-18-28(39(42)43)32(29(19-22)40(44)45)38-26-10-4-6-12-30(26)49-31-13-7-5-11-27(31)38/h1-20H,(H,35,41)(H,36,37). The molecule has 16 heteroatoms. The molecule has 2 heterocycles. The Morgan fingerprint density at radius 1 is 0.760 bits per heavy atom. The van der Waals surface area contributed by atoms with Gasteiger partial charge in [-0.05, 0) is 48.5 Å². The smallest absolute Gasteiger partial charge is 0.301 e. The van der Waals surface area contributed by atoms with Gasteiger partial charge in [0.1, 0.15) is 0 Å². The molecule has 0 spiro atoms. The first-order valence-corrected chi connectivity index (χ1v) is 17.8. The third-order valence-electron chi connectivity index (χ3n) is 7.60. The van der Waals surface area contributed by atoms with Crippen LogP contribution in [0.25, 0.3) is 11.3 Å². The molecule has 13 nitrogen and oxygen atoms in total. The highest BCUT2D eigenvalue weighted by Crippen LogP contribution is 2.55. The van der Waals surface area contributed by atoms with Crippen LogP contribution in [-0.4, -0.2) is 29.2 Å². The van der Waals surface area contributed by atoms with Crippen LogP contribution in [-0.2, 0) is 10.0 Å². The lowest BCUT2D eigenvalue weighted by Crippen LogP contribution is -2.19. The van der Waals surface area contributed by atoms with E-state index in [1.807, 2.05) is 42.5 Å². The van der Waals surface area contributed by atoms with Crippen LogP contribution in [0.3, 0.4) is 0 Å². The van der Waals surface area contributed by atoms with Crippen LogP contribution in [0.5, 0.6) is 0 Å². The molecule has 0 unspecified atom stereocenters. The van der Waals surface area contributed by atoms with E-state index in [1.54, 1.807) is 41.8 Å². The molecule has 0 bridgehead atoms. The number of para-hydroxylation sites is 2. The number of benzene rings is 5. The maximum atomic E-state index is 13.4. The number of carbonyl (C=O) groups excluding carboxylic acids is 1. The van der Waals surface area contributed by atoms with Crippen molar-refractivity contribution in [1.29, 1.82) is 0 Å². The molecule has 0 atom stereocenters. The fraction of sp³-hybridized carbons (Fsp3) is 0. The summed E-state index contributed by atoms with van der Waals surface area (Å²) < 4.78 is 28.6. The largest absolute Gasteiger partial charge is 0.322 e. The number of thiazole rings is 1. The van der Waals surface area contributed by atoms with Crippen molar-refractivity contribution in [2.75, 3.05) is 14.9 Å². The van der Waals surface area contributed by atoms with Crippen molar-refractivity contribution in [2.45, 2.75) is 14.7 Å². The number of rotatable bonds is 9. The van der Waals surface area contributed by atoms with Crippen LogP contribution < -0.4 is 14.9 Å². The molecule has 1 aromatic heterocycles. The van der Waals surface area contributed by atoms with Crippen molar-refractivity contribution in [3.63, 3.8) is 0 Å². The number of carbonyl (C=O) groups is 1. The molecule has 0 saturated heterocycles. The maximum Gasteiger partial charge on any atom is 0.301 e. The van der Waals surface area contributed by atoms with Gasteiger partial charge < -0.3 is 5.32 Å². The molecule has 0 saturated carbocycles. The molecule has 50 heavy (non-hydrogen) atoms. The van der Waals surface area contributed by atoms with Crippen LogP contribution in [0.1, 0.15) is 10.4 Å². The molecule has 7 rings (SSSR count). The summed E-state index contributed by atoms with van der Waals surface area (Å²) in [7, 11) is -4.04. The minimum Gasteiger partial charge on any atom is -0.322 e. The van der Waals surface area contributed by atoms with Crippen molar-refractivity contribution < 1.29 is 23.1 Å². The number of nitro groups is 2. The second kappa shape index (κ2) is 13.1. The number of anilines is 5. The van der Waals surface area contributed by atoms with Gasteiger partial charge in [0.15, 0.2) is 5.13 Å². The van der Waals surface area contributed by atoms with Gasteiger partial charge in [-0.15, -0.1) is 11.3 Å². The molecule has 0 radical (unpaired) electrons. The number of nitro benzene ring substituents is 2. The first kappa shape index (κ1) is 32.4. The summed E-state index contributed by atoms with van der Waals surface area (Å²) in [5, 5.41) is 29.4. The van der Waals surface area contributed by atoms with Crippen molar-refractivity contribution in [3.8, 4) is 11.3 Å². The van der Waals surface area contributed by atoms with Crippen molar-refractivity contribution in [1.82, 2.24) is 4.98 Å². The summed E-state index contributed by atoms with van der Waals surface area (Å²) in [5.74, 6) is -0.872. The zero-order valence-electron chi connectivity index (χ0n) is 25.4. The Labute approximate surface area is 292 Å². The lowest BCUT2D eigenvalue weighted by Gasteiger charge is -2.32. The first-order valence-electron chi connectivity index (χ1n) is 14.7. The van der Waals surface area contributed by atoms with Gasteiger partial charge in [-0.1, -0.05) is 66.4 Å². The zero-order chi connectivity index (χ0) is 35.0. The fourth-order valence-corrected chi connectivity index (χ4v) is 8.38. The molecule has 248 valence electrons. The normalized spacial score (nSPS) is 12.0. The van der Waals surface area contributed by atoms with E-state index in [-0.39, 0.29) is 27.0 Å². The third-order valence-corrected chi connectivity index (χ3v) is 11.0. The number of hydrogen-bond acceptors (Lipinski definition) is 11. The average Bonchev–Trinajstić information content (AvgIpc) is 3.58. The Bertz CT molecular complexity index is 2340. The van der Waals surface area contributed by atoms with E-state index in [9.17, 15) is 33.4 Å². The van der Waals surface area contributed by atoms with Crippen LogP contribution in [0.15, 0.2) is 135 Å². The van der Waals surface area contributed by atoms with Crippen molar-refractivity contribution in [2.24, 2.45) is 0 Å². The molecule has 1 amide bonds. The molecular weight excluding hydrogens is 701 g/mol. The van der Waals surface area contributed by atoms with E-state index in [1.165, 1.54) is 40.9 Å². The lowest BCUT2D eigenvalue weighted by atomic mass is 10.1. The highest BCUT2D eigenvalue weighted by Gasteiger charge is 2.37. The van der Waals surface area contributed by atoms with Crippen LogP contribution in [0.4, 0.5) is 39.3 Å². The summed E-state index contributed by atoms with van der Waals surface area (Å²) in [6, 6.07) is 30.6. The maximum absolute atomic E-state index is 13.4. The van der Waals surface area contributed by atoms with Crippen molar-refractivity contribution >= 4 is 78.3 Å². The number of hydrogen-bond donors (Lipinski definition) is 2. The van der Waals surface area contributed by atoms with Gasteiger partial charge in [0.25, 0.3) is 15.9 Å². The van der Waals surface area contributed by atoms with Gasteiger partial charge in [0.05, 0.1) is 37.4 Å². The summed E-state index contributed by atoms with van der Waals surface area (Å²) in [5.41, 5.74) is 0.694. The second-order valence-electron chi connectivity index (χ2n) is 10.7. The van der Waals surface area contributed by atoms with Crippen LogP contribution >= 0.6 is 23.1 Å². The second-order valence-corrected chi connectivity index (χ2v) is 14.4. The van der Waals surface area contributed by atoms with Gasteiger partial charge in [0, 0.05) is 38.6 Å². The first-order chi connectivity index (χ1) is 24.1. The fourth-order valence-electron chi connectivity index (χ4n) is 5.34. The zero-order valence-corrected chi connectivity index (χ0v) is 27.9. The molecule has 6 aromatic rings. The lowest BCUT2D eigenvalue weighted by molar-refractivity contribution is -0.392. The average molecular weight is 723 g/mol. The number of fused-ring (bicyclic) bond motifs is 2. The molecule has 1 aliphatic heterocycles. The Balaban J connectivity index is 1.17. The summed E-state index contributed by atoms with van der Waals surface area (Å²) in [6.45, 7) is 0. The minimum absolute atomic E-state index is 0.108. The number of amides is 1. The van der Waals surface area contributed by atoms with E-state index >= 15 is 0 Å². The van der Waals surface area contributed by atoms with Gasteiger partial charge in [0.2, 0.25) is 5.69 Å². The van der Waals surface area contributed by atoms with Gasteiger partial charge in [-0.3, -0.25) is 34.6 Å². The Kier molecular flexibility index (Phi) is 8.48. The van der Waals surface area contributed by atoms with Gasteiger partial charge in [-0.25, -0.2) is 13.4 Å². The molecule has 2 N–H and O–H groups in total. The van der Waals surface area contributed by atoms with Crippen LogP contribution in [0.2, 0.25) is 0 Å². The molecular formula is C34H22N6O7S3. The van der Waals surface area contributed by atoms with Gasteiger partial charge >= 0.3 is 11.4 Å². The summed E-state index contributed by atoms with van der Waals surface area (Å²) in [4.78, 5) is 44.0. The Morgan fingerprint density at radius 2 is 1.32 bits per heavy atom. The Hall–Kier alpha value is -6.10. The predicted molar refractivity (Wildman–Crippen MR) is 191 cm³/mol. The molecule has 0 fully saturated rings. The van der Waals surface area contributed by atoms with E-state index in [2.05, 4.69) is 15.0 Å². The minimum atomic E-state index is -4.04. The van der Waals surface area contributed by atoms with Gasteiger partial charge in [-0.2, -0.15) is 0 Å². The molecule has 1 aliphatic rings. The predicted octanol–water partition coefficient (Wildman–Crippen LogP) is 8.61. The summed E-state index contributed by atoms with van der Waals surface area (Å²) in [6.07, 6.45) is 0. The van der Waals surface area contributed by atoms with E-state index in [0.29, 0.717) is 17.1 Å². The number of aromatic nitrogens is 1. The topological polar surface area (TPSA) is 178 Å². The summed E-state index contributed by atoms with van der Waals surface area (Å²) >= 11 is 2.56.